The number of hydrogen-bond acceptors (Lipinski definition) is 6. The number of aromatic nitrogens is 5. The molecule has 0 spiro atoms. The summed E-state index contributed by atoms with van der Waals surface area (Å²) in [5.41, 5.74) is 4.67. The smallest absolute Gasteiger partial charge is 0.248 e. The third-order valence-corrected chi connectivity index (χ3v) is 4.79. The van der Waals surface area contributed by atoms with Crippen molar-refractivity contribution in [3.05, 3.63) is 84.6 Å². The average molecular weight is 414 g/mol. The van der Waals surface area contributed by atoms with Crippen molar-refractivity contribution in [3.8, 4) is 11.1 Å². The van der Waals surface area contributed by atoms with E-state index in [1.807, 2.05) is 54.3 Å². The fourth-order valence-corrected chi connectivity index (χ4v) is 3.14. The van der Waals surface area contributed by atoms with Crippen LogP contribution in [0.5, 0.6) is 0 Å². The molecule has 0 bridgehead atoms. The summed E-state index contributed by atoms with van der Waals surface area (Å²) in [5.74, 6) is 0.400. The molecule has 156 valence electrons. The molecule has 0 fully saturated rings. The Morgan fingerprint density at radius 1 is 1.16 bits per heavy atom. The minimum atomic E-state index is -0.210. The van der Waals surface area contributed by atoms with Gasteiger partial charge in [0, 0.05) is 54.4 Å². The van der Waals surface area contributed by atoms with Gasteiger partial charge in [-0.25, -0.2) is 0 Å². The van der Waals surface area contributed by atoms with Crippen molar-refractivity contribution in [2.75, 3.05) is 5.32 Å². The Morgan fingerprint density at radius 2 is 2.03 bits per heavy atom. The highest BCUT2D eigenvalue weighted by atomic mass is 16.4. The van der Waals surface area contributed by atoms with Gasteiger partial charge in [-0.1, -0.05) is 12.1 Å². The predicted molar refractivity (Wildman–Crippen MR) is 117 cm³/mol. The molecule has 0 aliphatic carbocycles. The lowest BCUT2D eigenvalue weighted by Crippen LogP contribution is -2.07. The molecule has 1 N–H and O–H groups in total. The fourth-order valence-electron chi connectivity index (χ4n) is 3.14. The van der Waals surface area contributed by atoms with Gasteiger partial charge < -0.3 is 9.73 Å². The summed E-state index contributed by atoms with van der Waals surface area (Å²) in [5, 5.41) is 14.7. The van der Waals surface area contributed by atoms with Crippen LogP contribution in [-0.2, 0) is 24.2 Å². The van der Waals surface area contributed by atoms with Gasteiger partial charge in [0.15, 0.2) is 0 Å². The van der Waals surface area contributed by atoms with E-state index in [9.17, 15) is 4.79 Å². The van der Waals surface area contributed by atoms with Crippen LogP contribution in [0, 0.1) is 0 Å². The standard InChI is InChI=1S/C23H22N6O2/c1-2-29-15-19(14-26-29)21-11-12-24-13-18(21)6-9-22(30)27-20-7-3-17(4-8-20)5-10-23-28-25-16-31-23/h3-4,6-9,11-16H,2,5,10H2,1H3,(H,27,30). The Kier molecular flexibility index (Phi) is 6.27. The first-order valence-corrected chi connectivity index (χ1v) is 10.0. The summed E-state index contributed by atoms with van der Waals surface area (Å²) < 4.78 is 7.01. The van der Waals surface area contributed by atoms with Crippen LogP contribution in [0.15, 0.2) is 72.0 Å². The van der Waals surface area contributed by atoms with E-state index in [2.05, 4.69) is 25.6 Å². The summed E-state index contributed by atoms with van der Waals surface area (Å²) in [7, 11) is 0. The number of amides is 1. The normalized spacial score (nSPS) is 11.1. The van der Waals surface area contributed by atoms with Gasteiger partial charge in [-0.3, -0.25) is 14.5 Å². The topological polar surface area (TPSA) is 98.7 Å². The lowest BCUT2D eigenvalue weighted by atomic mass is 10.0. The number of benzene rings is 1. The first-order valence-electron chi connectivity index (χ1n) is 10.0. The molecule has 3 heterocycles. The van der Waals surface area contributed by atoms with E-state index < -0.39 is 0 Å². The Bertz CT molecular complexity index is 1160. The maximum atomic E-state index is 12.4. The second-order valence-corrected chi connectivity index (χ2v) is 6.90. The molecule has 0 aliphatic heterocycles. The van der Waals surface area contributed by atoms with Crippen molar-refractivity contribution < 1.29 is 9.21 Å². The van der Waals surface area contributed by atoms with E-state index >= 15 is 0 Å². The number of anilines is 1. The Morgan fingerprint density at radius 3 is 2.77 bits per heavy atom. The van der Waals surface area contributed by atoms with Crippen LogP contribution >= 0.6 is 0 Å². The second-order valence-electron chi connectivity index (χ2n) is 6.90. The number of nitrogens with one attached hydrogen (secondary N) is 1. The molecule has 0 atom stereocenters. The van der Waals surface area contributed by atoms with Gasteiger partial charge in [-0.2, -0.15) is 5.10 Å². The fraction of sp³-hybridized carbons (Fsp3) is 0.174. The second kappa shape index (κ2) is 9.62. The summed E-state index contributed by atoms with van der Waals surface area (Å²) in [6.45, 7) is 2.84. The van der Waals surface area contributed by atoms with E-state index in [1.165, 1.54) is 12.5 Å². The monoisotopic (exact) mass is 414 g/mol. The summed E-state index contributed by atoms with van der Waals surface area (Å²) in [6.07, 6.45) is 13.3. The molecular formula is C23H22N6O2. The molecule has 1 aromatic carbocycles. The van der Waals surface area contributed by atoms with Crippen molar-refractivity contribution in [1.82, 2.24) is 25.0 Å². The highest BCUT2D eigenvalue weighted by Crippen LogP contribution is 2.23. The quantitative estimate of drug-likeness (QED) is 0.441. The minimum Gasteiger partial charge on any atom is -0.428 e. The molecule has 8 heteroatoms. The van der Waals surface area contributed by atoms with Crippen LogP contribution in [0.4, 0.5) is 5.69 Å². The van der Waals surface area contributed by atoms with Gasteiger partial charge in [0.2, 0.25) is 18.2 Å². The number of carbonyl (C=O) groups is 1. The zero-order valence-electron chi connectivity index (χ0n) is 17.1. The van der Waals surface area contributed by atoms with E-state index in [-0.39, 0.29) is 5.91 Å². The number of carbonyl (C=O) groups excluding carboxylic acids is 1. The number of nitrogens with zero attached hydrogens (tertiary/aromatic N) is 5. The molecule has 31 heavy (non-hydrogen) atoms. The number of hydrogen-bond donors (Lipinski definition) is 1. The van der Waals surface area contributed by atoms with E-state index in [0.29, 0.717) is 12.3 Å². The summed E-state index contributed by atoms with van der Waals surface area (Å²) in [6, 6.07) is 9.62. The lowest BCUT2D eigenvalue weighted by molar-refractivity contribution is -0.111. The van der Waals surface area contributed by atoms with E-state index in [1.54, 1.807) is 18.5 Å². The van der Waals surface area contributed by atoms with Gasteiger partial charge in [0.25, 0.3) is 0 Å². The molecule has 4 aromatic rings. The largest absolute Gasteiger partial charge is 0.428 e. The first kappa shape index (κ1) is 20.2. The zero-order chi connectivity index (χ0) is 21.5. The lowest BCUT2D eigenvalue weighted by Gasteiger charge is -2.05. The Labute approximate surface area is 179 Å². The van der Waals surface area contributed by atoms with Crippen molar-refractivity contribution in [2.45, 2.75) is 26.3 Å². The summed E-state index contributed by atoms with van der Waals surface area (Å²) in [4.78, 5) is 16.6. The van der Waals surface area contributed by atoms with Gasteiger partial charge in [0.05, 0.1) is 6.20 Å². The highest BCUT2D eigenvalue weighted by molar-refractivity contribution is 6.02. The van der Waals surface area contributed by atoms with Crippen molar-refractivity contribution >= 4 is 17.7 Å². The van der Waals surface area contributed by atoms with Crippen molar-refractivity contribution in [2.24, 2.45) is 0 Å². The van der Waals surface area contributed by atoms with Gasteiger partial charge in [0.1, 0.15) is 0 Å². The summed E-state index contributed by atoms with van der Waals surface area (Å²) >= 11 is 0. The molecular weight excluding hydrogens is 392 g/mol. The molecule has 8 nitrogen and oxygen atoms in total. The molecule has 1 amide bonds. The van der Waals surface area contributed by atoms with Crippen molar-refractivity contribution in [1.29, 1.82) is 0 Å². The number of aryl methyl sites for hydroxylation is 3. The molecule has 3 aromatic heterocycles. The predicted octanol–water partition coefficient (Wildman–Crippen LogP) is 3.79. The number of pyridine rings is 1. The highest BCUT2D eigenvalue weighted by Gasteiger charge is 2.07. The van der Waals surface area contributed by atoms with E-state index in [4.69, 9.17) is 4.42 Å². The SMILES string of the molecule is CCn1cc(-c2ccncc2C=CC(=O)Nc2ccc(CCc3nnco3)cc2)cn1. The molecule has 0 aliphatic rings. The van der Waals surface area contributed by atoms with E-state index in [0.717, 1.165) is 40.9 Å². The van der Waals surface area contributed by atoms with Crippen LogP contribution in [0.3, 0.4) is 0 Å². The van der Waals surface area contributed by atoms with Gasteiger partial charge in [-0.05, 0) is 48.7 Å². The third kappa shape index (κ3) is 5.30. The van der Waals surface area contributed by atoms with Crippen LogP contribution in [-0.4, -0.2) is 30.9 Å². The number of rotatable bonds is 8. The first-order chi connectivity index (χ1) is 15.2. The van der Waals surface area contributed by atoms with Crippen LogP contribution in [0.25, 0.3) is 17.2 Å². The Hall–Kier alpha value is -4.07. The molecule has 0 saturated heterocycles. The van der Waals surface area contributed by atoms with Crippen LogP contribution < -0.4 is 5.32 Å². The van der Waals surface area contributed by atoms with Crippen LogP contribution in [0.1, 0.15) is 23.9 Å². The van der Waals surface area contributed by atoms with Gasteiger partial charge in [-0.15, -0.1) is 10.2 Å². The average Bonchev–Trinajstić information content (AvgIpc) is 3.49. The maximum Gasteiger partial charge on any atom is 0.248 e. The van der Waals surface area contributed by atoms with Gasteiger partial charge >= 0.3 is 0 Å². The van der Waals surface area contributed by atoms with Crippen LogP contribution in [0.2, 0.25) is 0 Å². The maximum absolute atomic E-state index is 12.4. The Balaban J connectivity index is 1.37. The third-order valence-electron chi connectivity index (χ3n) is 4.79. The zero-order valence-corrected chi connectivity index (χ0v) is 17.1. The molecule has 0 radical (unpaired) electrons. The minimum absolute atomic E-state index is 0.210. The molecule has 0 saturated carbocycles. The molecule has 4 rings (SSSR count). The van der Waals surface area contributed by atoms with Crippen molar-refractivity contribution in [3.63, 3.8) is 0 Å². The molecule has 0 unspecified atom stereocenters.